The number of hydrogen-bond acceptors (Lipinski definition) is 3. The molecule has 1 saturated heterocycles. The van der Waals surface area contributed by atoms with Gasteiger partial charge in [0.2, 0.25) is 0 Å². The molecule has 11 heteroatoms. The minimum atomic E-state index is -4.62. The van der Waals surface area contributed by atoms with Crippen LogP contribution in [0.5, 0.6) is 11.5 Å². The zero-order chi connectivity index (χ0) is 21.6. The Morgan fingerprint density at radius 2 is 1.76 bits per heavy atom. The lowest BCUT2D eigenvalue weighted by molar-refractivity contribution is -0.141. The summed E-state index contributed by atoms with van der Waals surface area (Å²) in [5.41, 5.74) is -0.604. The highest BCUT2D eigenvalue weighted by molar-refractivity contribution is 6.37. The van der Waals surface area contributed by atoms with E-state index in [-0.39, 0.29) is 26.6 Å². The second-order valence-corrected chi connectivity index (χ2v) is 8.15. The Morgan fingerprint density at radius 3 is 2.31 bits per heavy atom. The third kappa shape index (κ3) is 4.39. The molecule has 2 N–H and O–H groups in total. The molecular formula is C18H12Cl4F3NO3. The molecule has 1 aliphatic rings. The van der Waals surface area contributed by atoms with Gasteiger partial charge in [-0.25, -0.2) is 4.79 Å². The molecule has 1 fully saturated rings. The number of carboxylic acid groups (broad SMARTS) is 1. The Bertz CT molecular complexity index is 947. The molecule has 0 saturated carbocycles. The van der Waals surface area contributed by atoms with Crippen molar-refractivity contribution in [3.8, 4) is 11.5 Å². The van der Waals surface area contributed by atoms with Crippen LogP contribution in [0.15, 0.2) is 30.3 Å². The van der Waals surface area contributed by atoms with E-state index in [2.05, 4.69) is 5.32 Å². The molecule has 0 bridgehead atoms. The van der Waals surface area contributed by atoms with Crippen molar-refractivity contribution < 1.29 is 27.8 Å². The Kier molecular flexibility index (Phi) is 6.18. The summed E-state index contributed by atoms with van der Waals surface area (Å²) >= 11 is 24.3. The average Bonchev–Trinajstić information content (AvgIpc) is 3.01. The number of carboxylic acids is 1. The van der Waals surface area contributed by atoms with Crippen LogP contribution in [-0.4, -0.2) is 22.6 Å². The van der Waals surface area contributed by atoms with E-state index in [1.165, 1.54) is 18.2 Å². The van der Waals surface area contributed by atoms with E-state index in [9.17, 15) is 23.1 Å². The first kappa shape index (κ1) is 22.3. The molecule has 0 radical (unpaired) electrons. The highest BCUT2D eigenvalue weighted by atomic mass is 35.5. The van der Waals surface area contributed by atoms with Crippen molar-refractivity contribution in [2.24, 2.45) is 0 Å². The predicted octanol–water partition coefficient (Wildman–Crippen LogP) is 6.55. The monoisotopic (exact) mass is 487 g/mol. The van der Waals surface area contributed by atoms with Gasteiger partial charge in [0, 0.05) is 10.9 Å². The Labute approximate surface area is 183 Å². The minimum absolute atomic E-state index is 0.157. The molecule has 0 amide bonds. The van der Waals surface area contributed by atoms with Crippen molar-refractivity contribution in [3.05, 3.63) is 56.5 Å². The summed E-state index contributed by atoms with van der Waals surface area (Å²) < 4.78 is 44.2. The first-order valence-electron chi connectivity index (χ1n) is 8.14. The lowest BCUT2D eigenvalue weighted by Gasteiger charge is -2.26. The Hall–Kier alpha value is -1.38. The van der Waals surface area contributed by atoms with Crippen LogP contribution < -0.4 is 10.1 Å². The number of nitrogens with one attached hydrogen (secondary N) is 1. The van der Waals surface area contributed by atoms with E-state index in [1.807, 2.05) is 0 Å². The number of alkyl halides is 4. The summed E-state index contributed by atoms with van der Waals surface area (Å²) in [6.07, 6.45) is -4.21. The van der Waals surface area contributed by atoms with Crippen molar-refractivity contribution in [1.82, 2.24) is 5.32 Å². The van der Waals surface area contributed by atoms with Gasteiger partial charge in [-0.05, 0) is 48.9 Å². The van der Waals surface area contributed by atoms with Crippen LogP contribution in [-0.2, 0) is 11.0 Å². The number of hydrogen-bond donors (Lipinski definition) is 2. The highest BCUT2D eigenvalue weighted by Crippen LogP contribution is 2.45. The Morgan fingerprint density at radius 1 is 1.14 bits per heavy atom. The molecule has 3 rings (SSSR count). The molecule has 0 aliphatic carbocycles. The van der Waals surface area contributed by atoms with Crippen LogP contribution in [0.2, 0.25) is 15.1 Å². The molecule has 29 heavy (non-hydrogen) atoms. The highest BCUT2D eigenvalue weighted by Gasteiger charge is 2.49. The molecule has 1 heterocycles. The van der Waals surface area contributed by atoms with E-state index < -0.39 is 28.6 Å². The summed E-state index contributed by atoms with van der Waals surface area (Å²) in [5, 5.41) is 11.8. The van der Waals surface area contributed by atoms with Gasteiger partial charge < -0.3 is 9.84 Å². The molecule has 1 unspecified atom stereocenters. The second-order valence-electron chi connectivity index (χ2n) is 6.34. The van der Waals surface area contributed by atoms with Crippen molar-refractivity contribution in [2.75, 3.05) is 6.54 Å². The molecule has 2 aromatic carbocycles. The van der Waals surface area contributed by atoms with Gasteiger partial charge in [-0.3, -0.25) is 5.32 Å². The molecule has 0 spiro atoms. The Balaban J connectivity index is 1.97. The van der Waals surface area contributed by atoms with Crippen LogP contribution in [0.3, 0.4) is 0 Å². The number of carbonyl (C=O) groups is 1. The van der Waals surface area contributed by atoms with Gasteiger partial charge in [-0.2, -0.15) is 13.2 Å². The van der Waals surface area contributed by atoms with Gasteiger partial charge in [0.1, 0.15) is 5.75 Å². The normalized spacial score (nSPS) is 22.0. The van der Waals surface area contributed by atoms with E-state index in [4.69, 9.17) is 51.1 Å². The van der Waals surface area contributed by atoms with Crippen molar-refractivity contribution in [1.29, 1.82) is 0 Å². The van der Waals surface area contributed by atoms with Gasteiger partial charge in [0.25, 0.3) is 0 Å². The maximum absolute atomic E-state index is 12.9. The minimum Gasteiger partial charge on any atom is -0.479 e. The maximum atomic E-state index is 12.9. The molecule has 2 aromatic rings. The largest absolute Gasteiger partial charge is 0.479 e. The van der Waals surface area contributed by atoms with E-state index in [1.54, 1.807) is 0 Å². The lowest BCUT2D eigenvalue weighted by Crippen LogP contribution is -2.45. The standard InChI is InChI=1S/C18H12Cl4F3NO3/c19-12-2-1-9(7-10(12)11-3-4-26-17(11,22)16(27)28)29-15-13(20)5-8(6-14(15)21)18(23,24)25/h1-2,5-7,11,26H,3-4H2,(H,27,28)/t11?,17-/m0/s1. The maximum Gasteiger partial charge on any atom is 0.416 e. The smallest absolute Gasteiger partial charge is 0.416 e. The third-order valence-electron chi connectivity index (χ3n) is 4.50. The lowest BCUT2D eigenvalue weighted by atomic mass is 9.91. The van der Waals surface area contributed by atoms with Gasteiger partial charge in [-0.1, -0.05) is 46.4 Å². The van der Waals surface area contributed by atoms with Crippen molar-refractivity contribution in [2.45, 2.75) is 23.5 Å². The summed E-state index contributed by atoms with van der Waals surface area (Å²) in [5.74, 6) is -1.94. The van der Waals surface area contributed by atoms with Crippen LogP contribution in [0.25, 0.3) is 0 Å². The van der Waals surface area contributed by atoms with Crippen LogP contribution in [0, 0.1) is 0 Å². The molecule has 156 valence electrons. The van der Waals surface area contributed by atoms with Gasteiger partial charge in [0.05, 0.1) is 15.6 Å². The summed E-state index contributed by atoms with van der Waals surface area (Å²) in [6, 6.07) is 5.79. The number of rotatable bonds is 4. The van der Waals surface area contributed by atoms with E-state index in [0.717, 1.165) is 0 Å². The third-order valence-corrected chi connectivity index (χ3v) is 5.96. The molecule has 4 nitrogen and oxygen atoms in total. The number of aliphatic carboxylic acids is 1. The van der Waals surface area contributed by atoms with Crippen LogP contribution in [0.4, 0.5) is 13.2 Å². The zero-order valence-electron chi connectivity index (χ0n) is 14.3. The van der Waals surface area contributed by atoms with Crippen molar-refractivity contribution >= 4 is 52.4 Å². The fraction of sp³-hybridized carbons (Fsp3) is 0.278. The molecule has 1 aliphatic heterocycles. The number of halogens is 7. The van der Waals surface area contributed by atoms with Crippen molar-refractivity contribution in [3.63, 3.8) is 0 Å². The summed E-state index contributed by atoms with van der Waals surface area (Å²) in [6.45, 7) is 0.360. The van der Waals surface area contributed by atoms with Gasteiger partial charge in [-0.15, -0.1) is 0 Å². The topological polar surface area (TPSA) is 58.6 Å². The number of ether oxygens (including phenoxy) is 1. The zero-order valence-corrected chi connectivity index (χ0v) is 17.3. The van der Waals surface area contributed by atoms with E-state index in [0.29, 0.717) is 30.7 Å². The first-order valence-corrected chi connectivity index (χ1v) is 9.65. The average molecular weight is 489 g/mol. The first-order chi connectivity index (χ1) is 13.4. The molecule has 0 aromatic heterocycles. The fourth-order valence-electron chi connectivity index (χ4n) is 3.11. The van der Waals surface area contributed by atoms with Crippen LogP contribution >= 0.6 is 46.4 Å². The number of benzene rings is 2. The second kappa shape index (κ2) is 8.04. The van der Waals surface area contributed by atoms with E-state index >= 15 is 0 Å². The quantitative estimate of drug-likeness (QED) is 0.378. The molecular weight excluding hydrogens is 477 g/mol. The van der Waals surface area contributed by atoms with Gasteiger partial charge in [0.15, 0.2) is 10.7 Å². The predicted molar refractivity (Wildman–Crippen MR) is 105 cm³/mol. The van der Waals surface area contributed by atoms with Crippen LogP contribution in [0.1, 0.15) is 23.5 Å². The summed E-state index contributed by atoms with van der Waals surface area (Å²) in [7, 11) is 0. The SMILES string of the molecule is O=C(O)[C@@]1(Cl)NCCC1c1cc(Oc2c(Cl)cc(C(F)(F)F)cc2Cl)ccc1Cl. The van der Waals surface area contributed by atoms with Gasteiger partial charge >= 0.3 is 12.1 Å². The fourth-order valence-corrected chi connectivity index (χ4v) is 4.24. The molecule has 2 atom stereocenters. The summed E-state index contributed by atoms with van der Waals surface area (Å²) in [4.78, 5) is 9.86.